The summed E-state index contributed by atoms with van der Waals surface area (Å²) in [7, 11) is 0. The highest BCUT2D eigenvalue weighted by atomic mass is 14.7. The molecular formula is C30H29N. The molecule has 1 aromatic heterocycles. The molecule has 2 aliphatic carbocycles. The third-order valence-corrected chi connectivity index (χ3v) is 7.55. The molecule has 1 nitrogen and oxygen atoms in total. The van der Waals surface area contributed by atoms with Gasteiger partial charge in [-0.05, 0) is 94.8 Å². The van der Waals surface area contributed by atoms with E-state index in [9.17, 15) is 0 Å². The quantitative estimate of drug-likeness (QED) is 0.290. The minimum atomic E-state index is 0.472. The van der Waals surface area contributed by atoms with Crippen LogP contribution >= 0.6 is 0 Å². The lowest BCUT2D eigenvalue weighted by Gasteiger charge is -2.18. The van der Waals surface area contributed by atoms with Gasteiger partial charge in [-0.2, -0.15) is 0 Å². The van der Waals surface area contributed by atoms with Crippen molar-refractivity contribution < 1.29 is 0 Å². The third-order valence-electron chi connectivity index (χ3n) is 7.55. The maximum atomic E-state index is 4.91. The molecule has 0 amide bonds. The summed E-state index contributed by atoms with van der Waals surface area (Å²) in [5.41, 5.74) is 11.3. The number of benzene rings is 3. The number of nitrogens with zero attached hydrogens (tertiary/aromatic N) is 1. The molecule has 3 aromatic carbocycles. The lowest BCUT2D eigenvalue weighted by atomic mass is 9.87. The van der Waals surface area contributed by atoms with Gasteiger partial charge < -0.3 is 0 Å². The lowest BCUT2D eigenvalue weighted by Crippen LogP contribution is -2.04. The van der Waals surface area contributed by atoms with Crippen LogP contribution in [0.1, 0.15) is 61.3 Å². The Morgan fingerprint density at radius 3 is 2.58 bits per heavy atom. The van der Waals surface area contributed by atoms with Gasteiger partial charge in [0.05, 0.1) is 5.69 Å². The topological polar surface area (TPSA) is 12.9 Å². The van der Waals surface area contributed by atoms with Gasteiger partial charge in [0, 0.05) is 17.1 Å². The van der Waals surface area contributed by atoms with Crippen molar-refractivity contribution in [2.75, 3.05) is 0 Å². The van der Waals surface area contributed by atoms with Crippen molar-refractivity contribution >= 4 is 10.8 Å². The predicted molar refractivity (Wildman–Crippen MR) is 131 cm³/mol. The highest BCUT2D eigenvalue weighted by molar-refractivity contribution is 5.97. The Bertz CT molecular complexity index is 1330. The molecular weight excluding hydrogens is 374 g/mol. The average molecular weight is 404 g/mol. The first-order valence-corrected chi connectivity index (χ1v) is 11.6. The zero-order chi connectivity index (χ0) is 21.2. The number of rotatable bonds is 2. The van der Waals surface area contributed by atoms with Gasteiger partial charge in [0.1, 0.15) is 0 Å². The molecule has 4 aromatic rings. The van der Waals surface area contributed by atoms with Gasteiger partial charge in [-0.3, -0.25) is 4.98 Å². The molecule has 0 N–H and O–H groups in total. The Labute approximate surface area is 185 Å². The first-order valence-electron chi connectivity index (χ1n) is 11.6. The van der Waals surface area contributed by atoms with E-state index in [4.69, 9.17) is 4.98 Å². The van der Waals surface area contributed by atoms with Crippen molar-refractivity contribution in [3.8, 4) is 22.4 Å². The number of hydrogen-bond acceptors (Lipinski definition) is 1. The van der Waals surface area contributed by atoms with E-state index in [2.05, 4.69) is 81.4 Å². The van der Waals surface area contributed by atoms with Gasteiger partial charge >= 0.3 is 0 Å². The Morgan fingerprint density at radius 1 is 0.903 bits per heavy atom. The number of aromatic nitrogens is 1. The fourth-order valence-electron chi connectivity index (χ4n) is 5.97. The van der Waals surface area contributed by atoms with Crippen molar-refractivity contribution in [3.05, 3.63) is 89.1 Å². The maximum absolute atomic E-state index is 4.91. The van der Waals surface area contributed by atoms with Crippen LogP contribution in [0.3, 0.4) is 0 Å². The second-order valence-electron chi connectivity index (χ2n) is 10.4. The van der Waals surface area contributed by atoms with E-state index < -0.39 is 0 Å². The Hall–Kier alpha value is -2.93. The summed E-state index contributed by atoms with van der Waals surface area (Å²) in [6, 6.07) is 22.8. The third kappa shape index (κ3) is 3.10. The minimum Gasteiger partial charge on any atom is -0.256 e. The maximum Gasteiger partial charge on any atom is 0.0783 e. The molecule has 2 aliphatic rings. The number of aryl methyl sites for hydroxylation is 1. The van der Waals surface area contributed by atoms with Crippen LogP contribution in [0, 0.1) is 12.3 Å². The van der Waals surface area contributed by atoms with E-state index in [1.54, 1.807) is 0 Å². The minimum absolute atomic E-state index is 0.472. The molecule has 1 unspecified atom stereocenters. The van der Waals surface area contributed by atoms with Crippen LogP contribution in [-0.2, 0) is 6.42 Å². The van der Waals surface area contributed by atoms with Crippen molar-refractivity contribution in [2.24, 2.45) is 5.41 Å². The van der Waals surface area contributed by atoms with Crippen LogP contribution in [0.25, 0.3) is 33.2 Å². The van der Waals surface area contributed by atoms with Gasteiger partial charge in [0.2, 0.25) is 0 Å². The number of pyridine rings is 1. The van der Waals surface area contributed by atoms with E-state index >= 15 is 0 Å². The van der Waals surface area contributed by atoms with Crippen molar-refractivity contribution in [1.29, 1.82) is 0 Å². The van der Waals surface area contributed by atoms with E-state index in [1.165, 1.54) is 69.0 Å². The fourth-order valence-corrected chi connectivity index (χ4v) is 5.97. The molecule has 154 valence electrons. The second-order valence-corrected chi connectivity index (χ2v) is 10.4. The van der Waals surface area contributed by atoms with Crippen LogP contribution in [0.5, 0.6) is 0 Å². The monoisotopic (exact) mass is 403 g/mol. The van der Waals surface area contributed by atoms with Gasteiger partial charge in [-0.25, -0.2) is 0 Å². The average Bonchev–Trinajstić information content (AvgIpc) is 3.32. The normalized spacial score (nSPS) is 18.9. The molecule has 1 heterocycles. The SMILES string of the molecule is Cc1cc2c(c(-c3nccc4cc(C5CCC(C)(C)C5)ccc34)c1)Cc1ccccc1-2. The van der Waals surface area contributed by atoms with Crippen LogP contribution in [0.2, 0.25) is 0 Å². The largest absolute Gasteiger partial charge is 0.256 e. The number of fused-ring (bicyclic) bond motifs is 4. The van der Waals surface area contributed by atoms with Crippen molar-refractivity contribution in [1.82, 2.24) is 4.98 Å². The number of hydrogen-bond donors (Lipinski definition) is 0. The Kier molecular flexibility index (Phi) is 4.12. The molecule has 1 heteroatoms. The molecule has 1 atom stereocenters. The van der Waals surface area contributed by atoms with Gasteiger partial charge in [0.25, 0.3) is 0 Å². The van der Waals surface area contributed by atoms with E-state index in [0.717, 1.165) is 12.1 Å². The first-order chi connectivity index (χ1) is 15.0. The van der Waals surface area contributed by atoms with E-state index in [-0.39, 0.29) is 0 Å². The zero-order valence-corrected chi connectivity index (χ0v) is 18.7. The molecule has 0 spiro atoms. The first kappa shape index (κ1) is 18.8. The molecule has 6 rings (SSSR count). The van der Waals surface area contributed by atoms with Gasteiger partial charge in [-0.1, -0.05) is 62.4 Å². The Morgan fingerprint density at radius 2 is 1.74 bits per heavy atom. The summed E-state index contributed by atoms with van der Waals surface area (Å²) in [5, 5.41) is 2.59. The van der Waals surface area contributed by atoms with Gasteiger partial charge in [-0.15, -0.1) is 0 Å². The summed E-state index contributed by atoms with van der Waals surface area (Å²) in [5.74, 6) is 0.689. The van der Waals surface area contributed by atoms with E-state index in [0.29, 0.717) is 11.3 Å². The van der Waals surface area contributed by atoms with Crippen LogP contribution in [0.15, 0.2) is 66.9 Å². The summed E-state index contributed by atoms with van der Waals surface area (Å²) in [6.07, 6.45) is 6.92. The Balaban J connectivity index is 1.48. The second kappa shape index (κ2) is 6.79. The zero-order valence-electron chi connectivity index (χ0n) is 18.7. The molecule has 1 saturated carbocycles. The molecule has 0 aliphatic heterocycles. The van der Waals surface area contributed by atoms with Crippen molar-refractivity contribution in [2.45, 2.75) is 52.4 Å². The van der Waals surface area contributed by atoms with Crippen LogP contribution in [-0.4, -0.2) is 4.98 Å². The van der Waals surface area contributed by atoms with Gasteiger partial charge in [0.15, 0.2) is 0 Å². The predicted octanol–water partition coefficient (Wildman–Crippen LogP) is 8.08. The summed E-state index contributed by atoms with van der Waals surface area (Å²) < 4.78 is 0. The van der Waals surface area contributed by atoms with Crippen LogP contribution < -0.4 is 0 Å². The standard InChI is InChI=1S/C30H29N/c1-19-14-26-24-7-5-4-6-21(24)17-27(26)28(15-19)29-25-9-8-20(16-22(25)11-13-31-29)23-10-12-30(2,3)18-23/h4-9,11,13-16,23H,10,12,17-18H2,1-3H3. The highest BCUT2D eigenvalue weighted by Gasteiger charge is 2.32. The molecule has 31 heavy (non-hydrogen) atoms. The molecule has 0 saturated heterocycles. The molecule has 0 bridgehead atoms. The fraction of sp³-hybridized carbons (Fsp3) is 0.300. The summed E-state index contributed by atoms with van der Waals surface area (Å²) >= 11 is 0. The summed E-state index contributed by atoms with van der Waals surface area (Å²) in [4.78, 5) is 4.91. The van der Waals surface area contributed by atoms with Crippen LogP contribution in [0.4, 0.5) is 0 Å². The summed E-state index contributed by atoms with van der Waals surface area (Å²) in [6.45, 7) is 7.02. The van der Waals surface area contributed by atoms with E-state index in [1.807, 2.05) is 6.20 Å². The molecule has 1 fully saturated rings. The lowest BCUT2D eigenvalue weighted by molar-refractivity contribution is 0.376. The molecule has 0 radical (unpaired) electrons. The highest BCUT2D eigenvalue weighted by Crippen LogP contribution is 2.47. The van der Waals surface area contributed by atoms with Crippen molar-refractivity contribution in [3.63, 3.8) is 0 Å². The smallest absolute Gasteiger partial charge is 0.0783 e.